The van der Waals surface area contributed by atoms with Crippen molar-refractivity contribution in [2.24, 2.45) is 0 Å². The van der Waals surface area contributed by atoms with Crippen molar-refractivity contribution >= 4 is 5.78 Å². The third-order valence-corrected chi connectivity index (χ3v) is 2.78. The van der Waals surface area contributed by atoms with Gasteiger partial charge in [-0.2, -0.15) is 0 Å². The van der Waals surface area contributed by atoms with Crippen molar-refractivity contribution in [1.29, 1.82) is 0 Å². The van der Waals surface area contributed by atoms with E-state index in [-0.39, 0.29) is 12.4 Å². The molecule has 0 fully saturated rings. The van der Waals surface area contributed by atoms with Gasteiger partial charge in [-0.05, 0) is 20.3 Å². The van der Waals surface area contributed by atoms with Gasteiger partial charge in [0.05, 0.1) is 6.61 Å². The predicted molar refractivity (Wildman–Crippen MR) is 65.5 cm³/mol. The van der Waals surface area contributed by atoms with Crippen molar-refractivity contribution in [2.75, 3.05) is 13.2 Å². The van der Waals surface area contributed by atoms with Crippen LogP contribution >= 0.6 is 0 Å². The Bertz CT molecular complexity index is 188. The van der Waals surface area contributed by atoms with Crippen molar-refractivity contribution < 1.29 is 14.6 Å². The van der Waals surface area contributed by atoms with Crippen molar-refractivity contribution in [3.05, 3.63) is 0 Å². The molecule has 0 aromatic carbocycles. The predicted octanol–water partition coefficient (Wildman–Crippen LogP) is 2.70. The normalized spacial score (nSPS) is 14.8. The highest BCUT2D eigenvalue weighted by Crippen LogP contribution is 2.08. The summed E-state index contributed by atoms with van der Waals surface area (Å²) in [4.78, 5) is 11.0. The number of unbranched alkanes of at least 4 members (excludes halogenated alkanes) is 5. The Hall–Kier alpha value is -0.410. The van der Waals surface area contributed by atoms with E-state index in [0.29, 0.717) is 6.61 Å². The molecule has 0 saturated carbocycles. The zero-order chi connectivity index (χ0) is 12.4. The first kappa shape index (κ1) is 15.6. The molecule has 0 saturated heterocycles. The number of Topliss-reactive ketones (excluding diaryl/α,β-unsaturated/α-hetero) is 1. The van der Waals surface area contributed by atoms with E-state index < -0.39 is 5.60 Å². The third-order valence-electron chi connectivity index (χ3n) is 2.78. The molecule has 0 heterocycles. The molecule has 0 aromatic heterocycles. The van der Waals surface area contributed by atoms with Gasteiger partial charge in [0.2, 0.25) is 0 Å². The second-order valence-electron chi connectivity index (χ2n) is 4.65. The van der Waals surface area contributed by atoms with Gasteiger partial charge in [0, 0.05) is 6.61 Å². The quantitative estimate of drug-likeness (QED) is 0.587. The maximum absolute atomic E-state index is 11.0. The minimum absolute atomic E-state index is 0.108. The zero-order valence-electron chi connectivity index (χ0n) is 10.9. The SMILES string of the molecule is CCCCCCCCOCC(C)(O)C(C)=O. The van der Waals surface area contributed by atoms with Gasteiger partial charge in [-0.25, -0.2) is 0 Å². The van der Waals surface area contributed by atoms with Crippen LogP contribution in [0.15, 0.2) is 0 Å². The summed E-state index contributed by atoms with van der Waals surface area (Å²) in [6.45, 7) is 5.82. The molecule has 0 aliphatic rings. The summed E-state index contributed by atoms with van der Waals surface area (Å²) in [6, 6.07) is 0. The minimum atomic E-state index is -1.32. The molecule has 1 N–H and O–H groups in total. The molecule has 0 aromatic rings. The Kier molecular flexibility index (Phi) is 8.49. The fourth-order valence-electron chi connectivity index (χ4n) is 1.36. The van der Waals surface area contributed by atoms with Gasteiger partial charge in [-0.1, -0.05) is 39.0 Å². The molecule has 0 aliphatic carbocycles. The average molecular weight is 230 g/mol. The van der Waals surface area contributed by atoms with Crippen LogP contribution in [0.3, 0.4) is 0 Å². The summed E-state index contributed by atoms with van der Waals surface area (Å²) in [5.41, 5.74) is -1.32. The number of hydrogen-bond acceptors (Lipinski definition) is 3. The van der Waals surface area contributed by atoms with Gasteiger partial charge in [-0.15, -0.1) is 0 Å². The van der Waals surface area contributed by atoms with E-state index in [0.717, 1.165) is 6.42 Å². The zero-order valence-corrected chi connectivity index (χ0v) is 10.9. The van der Waals surface area contributed by atoms with Gasteiger partial charge >= 0.3 is 0 Å². The molecule has 96 valence electrons. The summed E-state index contributed by atoms with van der Waals surface area (Å²) >= 11 is 0. The monoisotopic (exact) mass is 230 g/mol. The van der Waals surface area contributed by atoms with E-state index in [1.807, 2.05) is 0 Å². The molecule has 3 heteroatoms. The first-order valence-corrected chi connectivity index (χ1v) is 6.32. The Labute approximate surface area is 99.2 Å². The number of hydrogen-bond donors (Lipinski definition) is 1. The fraction of sp³-hybridized carbons (Fsp3) is 0.923. The number of ketones is 1. The van der Waals surface area contributed by atoms with Crippen LogP contribution < -0.4 is 0 Å². The highest BCUT2D eigenvalue weighted by molar-refractivity contribution is 5.84. The number of ether oxygens (including phenoxy) is 1. The lowest BCUT2D eigenvalue weighted by Crippen LogP contribution is -2.38. The topological polar surface area (TPSA) is 46.5 Å². The van der Waals surface area contributed by atoms with Crippen LogP contribution in [-0.4, -0.2) is 29.7 Å². The summed E-state index contributed by atoms with van der Waals surface area (Å²) in [6.07, 6.45) is 7.29. The van der Waals surface area contributed by atoms with Crippen LogP contribution in [0.4, 0.5) is 0 Å². The van der Waals surface area contributed by atoms with Crippen LogP contribution in [0.5, 0.6) is 0 Å². The molecule has 0 bridgehead atoms. The van der Waals surface area contributed by atoms with E-state index in [1.165, 1.54) is 46.0 Å². The van der Waals surface area contributed by atoms with Crippen LogP contribution in [0.2, 0.25) is 0 Å². The van der Waals surface area contributed by atoms with Gasteiger partial charge < -0.3 is 9.84 Å². The summed E-state index contributed by atoms with van der Waals surface area (Å²) in [5, 5.41) is 9.59. The van der Waals surface area contributed by atoms with E-state index in [1.54, 1.807) is 0 Å². The lowest BCUT2D eigenvalue weighted by Gasteiger charge is -2.19. The van der Waals surface area contributed by atoms with E-state index in [2.05, 4.69) is 6.92 Å². The molecule has 0 amide bonds. The Morgan fingerprint density at radius 3 is 2.31 bits per heavy atom. The maximum atomic E-state index is 11.0. The maximum Gasteiger partial charge on any atom is 0.163 e. The fourth-order valence-corrected chi connectivity index (χ4v) is 1.36. The summed E-state index contributed by atoms with van der Waals surface area (Å²) in [5.74, 6) is -0.240. The Balaban J connectivity index is 3.30. The van der Waals surface area contributed by atoms with Crippen LogP contribution in [-0.2, 0) is 9.53 Å². The largest absolute Gasteiger partial charge is 0.380 e. The van der Waals surface area contributed by atoms with Crippen LogP contribution in [0.1, 0.15) is 59.3 Å². The van der Waals surface area contributed by atoms with E-state index in [4.69, 9.17) is 4.74 Å². The second-order valence-corrected chi connectivity index (χ2v) is 4.65. The molecule has 0 radical (unpaired) electrons. The van der Waals surface area contributed by atoms with E-state index >= 15 is 0 Å². The highest BCUT2D eigenvalue weighted by Gasteiger charge is 2.26. The van der Waals surface area contributed by atoms with E-state index in [9.17, 15) is 9.90 Å². The van der Waals surface area contributed by atoms with Crippen molar-refractivity contribution in [3.8, 4) is 0 Å². The summed E-state index contributed by atoms with van der Waals surface area (Å²) in [7, 11) is 0. The molecule has 3 nitrogen and oxygen atoms in total. The van der Waals surface area contributed by atoms with Gasteiger partial charge in [0.1, 0.15) is 5.60 Å². The molecule has 1 atom stereocenters. The minimum Gasteiger partial charge on any atom is -0.380 e. The van der Waals surface area contributed by atoms with Crippen molar-refractivity contribution in [2.45, 2.75) is 64.9 Å². The first-order chi connectivity index (χ1) is 7.50. The molecule has 0 rings (SSSR count). The average Bonchev–Trinajstić information content (AvgIpc) is 2.21. The molecule has 16 heavy (non-hydrogen) atoms. The number of carbonyl (C=O) groups is 1. The Morgan fingerprint density at radius 2 is 1.75 bits per heavy atom. The lowest BCUT2D eigenvalue weighted by molar-refractivity contribution is -0.139. The standard InChI is InChI=1S/C13H26O3/c1-4-5-6-7-8-9-10-16-11-13(3,15)12(2)14/h15H,4-11H2,1-3H3. The number of aliphatic hydroxyl groups is 1. The second kappa shape index (κ2) is 8.71. The lowest BCUT2D eigenvalue weighted by atomic mass is 10.0. The van der Waals surface area contributed by atoms with Crippen LogP contribution in [0, 0.1) is 0 Å². The van der Waals surface area contributed by atoms with Gasteiger partial charge in [-0.3, -0.25) is 4.79 Å². The highest BCUT2D eigenvalue weighted by atomic mass is 16.5. The van der Waals surface area contributed by atoms with Crippen molar-refractivity contribution in [1.82, 2.24) is 0 Å². The smallest absolute Gasteiger partial charge is 0.163 e. The molecular formula is C13H26O3. The first-order valence-electron chi connectivity index (χ1n) is 6.32. The molecule has 0 spiro atoms. The third kappa shape index (κ3) is 7.83. The van der Waals surface area contributed by atoms with Gasteiger partial charge in [0.25, 0.3) is 0 Å². The van der Waals surface area contributed by atoms with Gasteiger partial charge in [0.15, 0.2) is 5.78 Å². The van der Waals surface area contributed by atoms with Crippen molar-refractivity contribution in [3.63, 3.8) is 0 Å². The molecule has 1 unspecified atom stereocenters. The van der Waals surface area contributed by atoms with Crippen LogP contribution in [0.25, 0.3) is 0 Å². The summed E-state index contributed by atoms with van der Waals surface area (Å²) < 4.78 is 5.30. The Morgan fingerprint density at radius 1 is 1.19 bits per heavy atom. The molecule has 0 aliphatic heterocycles. The number of carbonyl (C=O) groups excluding carboxylic acids is 1. The number of rotatable bonds is 10. The molecular weight excluding hydrogens is 204 g/mol.